The average Bonchev–Trinajstić information content (AvgIpc) is 2.41. The highest BCUT2D eigenvalue weighted by Gasteiger charge is 2.19. The van der Waals surface area contributed by atoms with Crippen molar-refractivity contribution < 1.29 is 0 Å². The van der Waals surface area contributed by atoms with Crippen LogP contribution in [0.25, 0.3) is 0 Å². The number of hydrogen-bond donors (Lipinski definition) is 1. The molecule has 1 aliphatic rings. The average molecular weight is 284 g/mol. The summed E-state index contributed by atoms with van der Waals surface area (Å²) in [5.74, 6) is 0. The van der Waals surface area contributed by atoms with Crippen LogP contribution in [0.2, 0.25) is 5.02 Å². The third-order valence-corrected chi connectivity index (χ3v) is 3.99. The molecular weight excluding hydrogens is 266 g/mol. The Morgan fingerprint density at radius 3 is 2.56 bits per heavy atom. The molecule has 1 aromatic carbocycles. The molecule has 5 heteroatoms. The molecule has 18 heavy (non-hydrogen) atoms. The van der Waals surface area contributed by atoms with Crippen molar-refractivity contribution in [3.05, 3.63) is 28.8 Å². The lowest BCUT2D eigenvalue weighted by Gasteiger charge is -2.37. The number of piperazine rings is 1. The molecular formula is C13H18ClN3S. The third kappa shape index (κ3) is 2.87. The van der Waals surface area contributed by atoms with Gasteiger partial charge in [0.25, 0.3) is 0 Å². The van der Waals surface area contributed by atoms with Gasteiger partial charge in [0, 0.05) is 43.9 Å². The lowest BCUT2D eigenvalue weighted by atomic mass is 10.1. The molecule has 0 bridgehead atoms. The third-order valence-electron chi connectivity index (χ3n) is 3.29. The zero-order chi connectivity index (χ0) is 13.1. The van der Waals surface area contributed by atoms with Gasteiger partial charge in [-0.1, -0.05) is 17.7 Å². The van der Waals surface area contributed by atoms with E-state index in [-0.39, 0.29) is 0 Å². The first-order valence-corrected chi connectivity index (χ1v) is 6.88. The van der Waals surface area contributed by atoms with Crippen molar-refractivity contribution in [2.45, 2.75) is 6.92 Å². The molecule has 0 radical (unpaired) electrons. The molecule has 1 heterocycles. The Hall–Kier alpha value is -1.00. The van der Waals surface area contributed by atoms with E-state index < -0.39 is 0 Å². The fraction of sp³-hybridized carbons (Fsp3) is 0.462. The fourth-order valence-corrected chi connectivity index (χ4v) is 2.58. The van der Waals surface area contributed by atoms with Crippen molar-refractivity contribution in [3.8, 4) is 0 Å². The summed E-state index contributed by atoms with van der Waals surface area (Å²) in [7, 11) is 1.87. The molecule has 0 atom stereocenters. The van der Waals surface area contributed by atoms with E-state index in [1.54, 1.807) is 0 Å². The van der Waals surface area contributed by atoms with Gasteiger partial charge in [-0.05, 0) is 36.8 Å². The molecule has 0 saturated carbocycles. The Morgan fingerprint density at radius 2 is 1.94 bits per heavy atom. The number of halogens is 1. The maximum Gasteiger partial charge on any atom is 0.168 e. The van der Waals surface area contributed by atoms with Gasteiger partial charge in [-0.3, -0.25) is 0 Å². The summed E-state index contributed by atoms with van der Waals surface area (Å²) in [4.78, 5) is 4.57. The predicted octanol–water partition coefficient (Wildman–Crippen LogP) is 2.27. The highest BCUT2D eigenvalue weighted by Crippen LogP contribution is 2.25. The van der Waals surface area contributed by atoms with Crippen LogP contribution in [0.3, 0.4) is 0 Å². The number of benzene rings is 1. The van der Waals surface area contributed by atoms with Gasteiger partial charge >= 0.3 is 0 Å². The number of nitrogens with one attached hydrogen (secondary N) is 1. The number of anilines is 1. The summed E-state index contributed by atoms with van der Waals surface area (Å²) in [6.07, 6.45) is 0. The summed E-state index contributed by atoms with van der Waals surface area (Å²) in [5.41, 5.74) is 2.50. The summed E-state index contributed by atoms with van der Waals surface area (Å²) >= 11 is 11.3. The number of nitrogens with zero attached hydrogens (tertiary/aromatic N) is 2. The van der Waals surface area contributed by atoms with E-state index >= 15 is 0 Å². The maximum atomic E-state index is 6.07. The van der Waals surface area contributed by atoms with Gasteiger partial charge in [-0.15, -0.1) is 0 Å². The maximum absolute atomic E-state index is 6.07. The van der Waals surface area contributed by atoms with Crippen molar-refractivity contribution >= 4 is 34.6 Å². The molecule has 0 unspecified atom stereocenters. The van der Waals surface area contributed by atoms with E-state index in [4.69, 9.17) is 23.8 Å². The standard InChI is InChI=1S/C13H18ClN3S/c1-10-3-4-11(14)9-12(10)16-5-7-17(8-6-16)13(18)15-2/h3-4,9H,5-8H2,1-2H3,(H,15,18). The van der Waals surface area contributed by atoms with Crippen molar-refractivity contribution in [2.24, 2.45) is 0 Å². The second kappa shape index (κ2) is 5.76. The fourth-order valence-electron chi connectivity index (χ4n) is 2.23. The molecule has 0 aliphatic carbocycles. The largest absolute Gasteiger partial charge is 0.368 e. The monoisotopic (exact) mass is 283 g/mol. The SMILES string of the molecule is CNC(=S)N1CCN(c2cc(Cl)ccc2C)CC1. The minimum Gasteiger partial charge on any atom is -0.368 e. The van der Waals surface area contributed by atoms with Crippen molar-refractivity contribution in [1.29, 1.82) is 0 Å². The quantitative estimate of drug-likeness (QED) is 0.797. The van der Waals surface area contributed by atoms with Crippen LogP contribution in [0.4, 0.5) is 5.69 Å². The number of hydrogen-bond acceptors (Lipinski definition) is 2. The second-order valence-corrected chi connectivity index (χ2v) is 5.28. The van der Waals surface area contributed by atoms with E-state index in [1.165, 1.54) is 11.3 Å². The van der Waals surface area contributed by atoms with Gasteiger partial charge in [0.05, 0.1) is 0 Å². The van der Waals surface area contributed by atoms with Crippen LogP contribution in [0.15, 0.2) is 18.2 Å². The van der Waals surface area contributed by atoms with Crippen molar-refractivity contribution in [3.63, 3.8) is 0 Å². The Balaban J connectivity index is 2.05. The van der Waals surface area contributed by atoms with Gasteiger partial charge in [-0.2, -0.15) is 0 Å². The van der Waals surface area contributed by atoms with Crippen LogP contribution in [-0.4, -0.2) is 43.2 Å². The van der Waals surface area contributed by atoms with E-state index in [2.05, 4.69) is 28.1 Å². The molecule has 98 valence electrons. The van der Waals surface area contributed by atoms with Crippen molar-refractivity contribution in [2.75, 3.05) is 38.1 Å². The Morgan fingerprint density at radius 1 is 1.28 bits per heavy atom. The topological polar surface area (TPSA) is 18.5 Å². The zero-order valence-corrected chi connectivity index (χ0v) is 12.3. The summed E-state index contributed by atoms with van der Waals surface area (Å²) in [6.45, 7) is 5.97. The van der Waals surface area contributed by atoms with Gasteiger partial charge in [0.2, 0.25) is 0 Å². The molecule has 0 amide bonds. The number of rotatable bonds is 1. The summed E-state index contributed by atoms with van der Waals surface area (Å²) in [6, 6.07) is 6.05. The first-order valence-electron chi connectivity index (χ1n) is 6.09. The van der Waals surface area contributed by atoms with E-state index in [1.807, 2.05) is 19.2 Å². The molecule has 1 fully saturated rings. The lowest BCUT2D eigenvalue weighted by Crippen LogP contribution is -2.51. The van der Waals surface area contributed by atoms with Gasteiger partial charge in [0.15, 0.2) is 5.11 Å². The molecule has 3 nitrogen and oxygen atoms in total. The van der Waals surface area contributed by atoms with Crippen molar-refractivity contribution in [1.82, 2.24) is 10.2 Å². The number of thiocarbonyl (C=S) groups is 1. The Kier molecular flexibility index (Phi) is 4.30. The van der Waals surface area contributed by atoms with Gasteiger partial charge < -0.3 is 15.1 Å². The normalized spacial score (nSPS) is 15.7. The summed E-state index contributed by atoms with van der Waals surface area (Å²) in [5, 5.41) is 4.65. The molecule has 2 rings (SSSR count). The Bertz CT molecular complexity index is 442. The zero-order valence-electron chi connectivity index (χ0n) is 10.7. The Labute approximate surface area is 119 Å². The van der Waals surface area contributed by atoms with Crippen LogP contribution < -0.4 is 10.2 Å². The molecule has 1 aliphatic heterocycles. The molecule has 1 saturated heterocycles. The van der Waals surface area contributed by atoms with E-state index in [0.29, 0.717) is 0 Å². The van der Waals surface area contributed by atoms with Crippen LogP contribution in [0.1, 0.15) is 5.56 Å². The highest BCUT2D eigenvalue weighted by atomic mass is 35.5. The molecule has 0 spiro atoms. The predicted molar refractivity (Wildman–Crippen MR) is 81.6 cm³/mol. The van der Waals surface area contributed by atoms with Crippen LogP contribution in [-0.2, 0) is 0 Å². The van der Waals surface area contributed by atoms with Crippen LogP contribution >= 0.6 is 23.8 Å². The van der Waals surface area contributed by atoms with E-state index in [0.717, 1.165) is 36.3 Å². The van der Waals surface area contributed by atoms with Gasteiger partial charge in [0.1, 0.15) is 0 Å². The minimum atomic E-state index is 0.795. The van der Waals surface area contributed by atoms with Gasteiger partial charge in [-0.25, -0.2) is 0 Å². The second-order valence-electron chi connectivity index (χ2n) is 4.46. The molecule has 1 N–H and O–H groups in total. The first kappa shape index (κ1) is 13.4. The number of aryl methyl sites for hydroxylation is 1. The highest BCUT2D eigenvalue weighted by molar-refractivity contribution is 7.80. The minimum absolute atomic E-state index is 0.795. The summed E-state index contributed by atoms with van der Waals surface area (Å²) < 4.78 is 0. The smallest absolute Gasteiger partial charge is 0.168 e. The first-order chi connectivity index (χ1) is 8.61. The molecule has 0 aromatic heterocycles. The molecule has 1 aromatic rings. The lowest BCUT2D eigenvalue weighted by molar-refractivity contribution is 0.382. The van der Waals surface area contributed by atoms with Crippen LogP contribution in [0, 0.1) is 6.92 Å². The van der Waals surface area contributed by atoms with Crippen LogP contribution in [0.5, 0.6) is 0 Å². The van der Waals surface area contributed by atoms with E-state index in [9.17, 15) is 0 Å².